The fourth-order valence-corrected chi connectivity index (χ4v) is 1.78. The number of nitrogens with zero attached hydrogens (tertiary/aromatic N) is 1. The lowest BCUT2D eigenvalue weighted by molar-refractivity contribution is 0.0878. The molecule has 0 saturated carbocycles. The molecule has 0 heterocycles. The molecule has 0 spiro atoms. The number of hydrogen-bond donors (Lipinski definition) is 1. The molecular weight excluding hydrogens is 184 g/mol. The van der Waals surface area contributed by atoms with E-state index in [0.717, 1.165) is 13.1 Å². The molecule has 2 heteroatoms. The van der Waals surface area contributed by atoms with Gasteiger partial charge in [0.05, 0.1) is 0 Å². The maximum absolute atomic E-state index is 3.31. The van der Waals surface area contributed by atoms with Gasteiger partial charge in [-0.05, 0) is 46.2 Å². The fourth-order valence-electron chi connectivity index (χ4n) is 1.78. The molecule has 0 aliphatic heterocycles. The van der Waals surface area contributed by atoms with Crippen LogP contribution in [0.2, 0.25) is 0 Å². The van der Waals surface area contributed by atoms with Crippen LogP contribution < -0.4 is 5.32 Å². The summed E-state index contributed by atoms with van der Waals surface area (Å²) in [6.45, 7) is 13.8. The highest BCUT2D eigenvalue weighted by atomic mass is 15.2. The van der Waals surface area contributed by atoms with Gasteiger partial charge in [0, 0.05) is 18.6 Å². The van der Waals surface area contributed by atoms with Gasteiger partial charge < -0.3 is 10.2 Å². The predicted octanol–water partition coefficient (Wildman–Crippen LogP) is 2.74. The maximum atomic E-state index is 3.31. The minimum absolute atomic E-state index is 0.310. The average Bonchev–Trinajstić information content (AvgIpc) is 2.18. The molecule has 0 saturated heterocycles. The molecule has 15 heavy (non-hydrogen) atoms. The first kappa shape index (κ1) is 14.9. The lowest BCUT2D eigenvalue weighted by Gasteiger charge is -2.41. The van der Waals surface area contributed by atoms with Gasteiger partial charge in [0.25, 0.3) is 0 Å². The van der Waals surface area contributed by atoms with Crippen LogP contribution >= 0.6 is 0 Å². The zero-order valence-corrected chi connectivity index (χ0v) is 11.8. The lowest BCUT2D eigenvalue weighted by Crippen LogP contribution is -2.48. The molecular formula is C13H30N2. The second kappa shape index (κ2) is 5.86. The van der Waals surface area contributed by atoms with Gasteiger partial charge in [-0.2, -0.15) is 0 Å². The van der Waals surface area contributed by atoms with Crippen LogP contribution in [-0.4, -0.2) is 37.6 Å². The Labute approximate surface area is 96.4 Å². The second-order valence-electron chi connectivity index (χ2n) is 5.72. The van der Waals surface area contributed by atoms with Crippen LogP contribution in [0.4, 0.5) is 0 Å². The van der Waals surface area contributed by atoms with Crippen LogP contribution in [0.15, 0.2) is 0 Å². The summed E-state index contributed by atoms with van der Waals surface area (Å²) in [7, 11) is 4.28. The van der Waals surface area contributed by atoms with Crippen molar-refractivity contribution in [3.05, 3.63) is 0 Å². The van der Waals surface area contributed by atoms with E-state index in [-0.39, 0.29) is 0 Å². The molecule has 2 nitrogen and oxygen atoms in total. The van der Waals surface area contributed by atoms with Gasteiger partial charge in [0.2, 0.25) is 0 Å². The summed E-state index contributed by atoms with van der Waals surface area (Å²) in [5.74, 6) is 0. The molecule has 1 N–H and O–H groups in total. The summed E-state index contributed by atoms with van der Waals surface area (Å²) in [6.07, 6.45) is 2.42. The normalized spacial score (nSPS) is 16.8. The van der Waals surface area contributed by atoms with Gasteiger partial charge in [-0.25, -0.2) is 0 Å². The van der Waals surface area contributed by atoms with E-state index in [1.54, 1.807) is 0 Å². The topological polar surface area (TPSA) is 15.3 Å². The van der Waals surface area contributed by atoms with Crippen LogP contribution in [0.3, 0.4) is 0 Å². The largest absolute Gasteiger partial charge is 0.319 e. The summed E-state index contributed by atoms with van der Waals surface area (Å²) in [5.41, 5.74) is 0.695. The van der Waals surface area contributed by atoms with Crippen molar-refractivity contribution >= 4 is 0 Å². The zero-order chi connectivity index (χ0) is 12.1. The summed E-state index contributed by atoms with van der Waals surface area (Å²) in [6, 6.07) is 0. The summed E-state index contributed by atoms with van der Waals surface area (Å²) >= 11 is 0. The SMILES string of the molecule is CCC(C)(CNC)CN(C)C(C)(C)CC. The van der Waals surface area contributed by atoms with E-state index in [1.807, 2.05) is 7.05 Å². The van der Waals surface area contributed by atoms with Gasteiger partial charge >= 0.3 is 0 Å². The van der Waals surface area contributed by atoms with Gasteiger partial charge in [-0.3, -0.25) is 0 Å². The van der Waals surface area contributed by atoms with Crippen LogP contribution in [0, 0.1) is 5.41 Å². The van der Waals surface area contributed by atoms with E-state index in [4.69, 9.17) is 0 Å². The van der Waals surface area contributed by atoms with Crippen molar-refractivity contribution in [1.29, 1.82) is 0 Å². The Bertz CT molecular complexity index is 177. The Kier molecular flexibility index (Phi) is 5.82. The Morgan fingerprint density at radius 3 is 1.93 bits per heavy atom. The maximum Gasteiger partial charge on any atom is 0.0147 e. The van der Waals surface area contributed by atoms with Crippen molar-refractivity contribution in [2.75, 3.05) is 27.2 Å². The van der Waals surface area contributed by atoms with Crippen molar-refractivity contribution < 1.29 is 0 Å². The molecule has 0 radical (unpaired) electrons. The molecule has 1 atom stereocenters. The molecule has 0 aliphatic carbocycles. The van der Waals surface area contributed by atoms with Crippen LogP contribution in [0.5, 0.6) is 0 Å². The molecule has 0 amide bonds. The fraction of sp³-hybridized carbons (Fsp3) is 1.00. The third kappa shape index (κ3) is 4.52. The van der Waals surface area contributed by atoms with Crippen LogP contribution in [0.25, 0.3) is 0 Å². The van der Waals surface area contributed by atoms with E-state index in [2.05, 4.69) is 51.9 Å². The van der Waals surface area contributed by atoms with E-state index >= 15 is 0 Å². The third-order valence-electron chi connectivity index (χ3n) is 3.97. The highest BCUT2D eigenvalue weighted by Crippen LogP contribution is 2.26. The smallest absolute Gasteiger partial charge is 0.0147 e. The average molecular weight is 214 g/mol. The molecule has 0 rings (SSSR count). The minimum atomic E-state index is 0.310. The van der Waals surface area contributed by atoms with E-state index < -0.39 is 0 Å². The Hall–Kier alpha value is -0.0800. The lowest BCUT2D eigenvalue weighted by atomic mass is 9.85. The standard InChI is InChI=1S/C13H30N2/c1-8-12(3,4)15(7)11-13(5,9-2)10-14-6/h14H,8-11H2,1-7H3. The predicted molar refractivity (Wildman–Crippen MR) is 69.3 cm³/mol. The zero-order valence-electron chi connectivity index (χ0n) is 11.8. The number of nitrogens with one attached hydrogen (secondary N) is 1. The summed E-state index contributed by atoms with van der Waals surface area (Å²) in [5, 5.41) is 3.31. The molecule has 0 fully saturated rings. The monoisotopic (exact) mass is 214 g/mol. The van der Waals surface area contributed by atoms with Crippen LogP contribution in [-0.2, 0) is 0 Å². The van der Waals surface area contributed by atoms with Gasteiger partial charge in [-0.1, -0.05) is 20.8 Å². The second-order valence-corrected chi connectivity index (χ2v) is 5.72. The highest BCUT2D eigenvalue weighted by Gasteiger charge is 2.29. The molecule has 0 bridgehead atoms. The first-order chi connectivity index (χ1) is 6.81. The quantitative estimate of drug-likeness (QED) is 0.701. The molecule has 92 valence electrons. The molecule has 0 aromatic carbocycles. The third-order valence-corrected chi connectivity index (χ3v) is 3.97. The Morgan fingerprint density at radius 2 is 1.60 bits per heavy atom. The van der Waals surface area contributed by atoms with Crippen molar-refractivity contribution in [3.63, 3.8) is 0 Å². The summed E-state index contributed by atoms with van der Waals surface area (Å²) in [4.78, 5) is 2.49. The number of hydrogen-bond acceptors (Lipinski definition) is 2. The van der Waals surface area contributed by atoms with Crippen molar-refractivity contribution in [3.8, 4) is 0 Å². The summed E-state index contributed by atoms with van der Waals surface area (Å²) < 4.78 is 0. The Balaban J connectivity index is 4.41. The van der Waals surface area contributed by atoms with Gasteiger partial charge in [0.1, 0.15) is 0 Å². The first-order valence-electron chi connectivity index (χ1n) is 6.17. The van der Waals surface area contributed by atoms with Crippen molar-refractivity contribution in [2.45, 2.75) is 53.0 Å². The molecule has 0 aliphatic rings. The Morgan fingerprint density at radius 1 is 1.07 bits per heavy atom. The van der Waals surface area contributed by atoms with E-state index in [9.17, 15) is 0 Å². The number of rotatable bonds is 7. The van der Waals surface area contributed by atoms with E-state index in [1.165, 1.54) is 12.8 Å². The molecule has 0 aromatic heterocycles. The first-order valence-corrected chi connectivity index (χ1v) is 6.17. The van der Waals surface area contributed by atoms with E-state index in [0.29, 0.717) is 11.0 Å². The minimum Gasteiger partial charge on any atom is -0.319 e. The van der Waals surface area contributed by atoms with Gasteiger partial charge in [0.15, 0.2) is 0 Å². The van der Waals surface area contributed by atoms with Crippen molar-refractivity contribution in [1.82, 2.24) is 10.2 Å². The molecule has 1 unspecified atom stereocenters. The van der Waals surface area contributed by atoms with Crippen LogP contribution in [0.1, 0.15) is 47.5 Å². The van der Waals surface area contributed by atoms with Gasteiger partial charge in [-0.15, -0.1) is 0 Å². The molecule has 0 aromatic rings. The highest BCUT2D eigenvalue weighted by molar-refractivity contribution is 4.84. The van der Waals surface area contributed by atoms with Crippen molar-refractivity contribution in [2.24, 2.45) is 5.41 Å².